The van der Waals surface area contributed by atoms with E-state index in [1.807, 2.05) is 19.1 Å². The first kappa shape index (κ1) is 20.8. The molecule has 0 unspecified atom stereocenters. The third kappa shape index (κ3) is 4.55. The second-order valence-electron chi connectivity index (χ2n) is 6.67. The number of methoxy groups -OCH3 is 2. The van der Waals surface area contributed by atoms with Crippen LogP contribution in [0.5, 0.6) is 5.75 Å². The number of carbonyl (C=O) groups excluding carboxylic acids is 1. The van der Waals surface area contributed by atoms with E-state index in [1.165, 1.54) is 20.5 Å². The number of ether oxygens (including phenoxy) is 2. The second-order valence-corrected chi connectivity index (χ2v) is 8.69. The van der Waals surface area contributed by atoms with Gasteiger partial charge >= 0.3 is 0 Å². The van der Waals surface area contributed by atoms with Crippen LogP contribution in [0.25, 0.3) is 22.2 Å². The molecule has 0 spiro atoms. The van der Waals surface area contributed by atoms with Crippen LogP contribution in [0.1, 0.15) is 5.56 Å². The first-order chi connectivity index (χ1) is 13.7. The molecule has 152 valence electrons. The van der Waals surface area contributed by atoms with Crippen molar-refractivity contribution in [3.05, 3.63) is 48.0 Å². The summed E-state index contributed by atoms with van der Waals surface area (Å²) in [6.07, 6.45) is 1.18. The van der Waals surface area contributed by atoms with Crippen molar-refractivity contribution < 1.29 is 22.7 Å². The minimum absolute atomic E-state index is 0.0547. The van der Waals surface area contributed by atoms with Gasteiger partial charge in [0.15, 0.2) is 9.84 Å². The van der Waals surface area contributed by atoms with Gasteiger partial charge in [-0.15, -0.1) is 0 Å². The van der Waals surface area contributed by atoms with E-state index in [4.69, 9.17) is 14.5 Å². The Balaban J connectivity index is 2.06. The maximum absolute atomic E-state index is 11.9. The molecule has 0 aliphatic rings. The molecule has 0 radical (unpaired) electrons. The normalized spacial score (nSPS) is 11.4. The van der Waals surface area contributed by atoms with Crippen LogP contribution >= 0.6 is 0 Å². The Labute approximate surface area is 169 Å². The maximum atomic E-state index is 11.9. The fourth-order valence-corrected chi connectivity index (χ4v) is 3.66. The van der Waals surface area contributed by atoms with Crippen LogP contribution in [0, 0.1) is 6.92 Å². The van der Waals surface area contributed by atoms with E-state index < -0.39 is 9.84 Å². The minimum atomic E-state index is -3.25. The van der Waals surface area contributed by atoms with E-state index in [0.717, 1.165) is 16.5 Å². The summed E-state index contributed by atoms with van der Waals surface area (Å²) in [7, 11) is -0.278. The molecule has 0 atom stereocenters. The lowest BCUT2D eigenvalue weighted by atomic mass is 10.0. The number of benzene rings is 2. The number of amides is 1. The van der Waals surface area contributed by atoms with Gasteiger partial charge in [-0.1, -0.05) is 12.1 Å². The lowest BCUT2D eigenvalue weighted by Gasteiger charge is -2.14. The van der Waals surface area contributed by atoms with Crippen LogP contribution in [0.15, 0.2) is 47.4 Å². The number of fused-ring (bicyclic) bond motifs is 1. The molecule has 1 amide bonds. The van der Waals surface area contributed by atoms with Gasteiger partial charge < -0.3 is 14.8 Å². The molecule has 8 heteroatoms. The smallest absolute Gasteiger partial charge is 0.250 e. The summed E-state index contributed by atoms with van der Waals surface area (Å²) in [5, 5.41) is 3.65. The number of anilines is 1. The van der Waals surface area contributed by atoms with E-state index in [-0.39, 0.29) is 17.4 Å². The van der Waals surface area contributed by atoms with Gasteiger partial charge in [-0.3, -0.25) is 4.79 Å². The van der Waals surface area contributed by atoms with Crippen LogP contribution < -0.4 is 10.1 Å². The highest BCUT2D eigenvalue weighted by molar-refractivity contribution is 7.90. The maximum Gasteiger partial charge on any atom is 0.250 e. The molecule has 3 aromatic rings. The molecule has 0 fully saturated rings. The highest BCUT2D eigenvalue weighted by Gasteiger charge is 2.13. The van der Waals surface area contributed by atoms with E-state index >= 15 is 0 Å². The number of aromatic nitrogens is 1. The third-order valence-electron chi connectivity index (χ3n) is 4.46. The average molecular weight is 414 g/mol. The van der Waals surface area contributed by atoms with Gasteiger partial charge in [0, 0.05) is 30.4 Å². The van der Waals surface area contributed by atoms with Gasteiger partial charge in [-0.25, -0.2) is 13.4 Å². The summed E-state index contributed by atoms with van der Waals surface area (Å²) >= 11 is 0. The Morgan fingerprint density at radius 2 is 1.79 bits per heavy atom. The van der Waals surface area contributed by atoms with Gasteiger partial charge in [-0.2, -0.15) is 0 Å². The molecule has 7 nitrogen and oxygen atoms in total. The number of pyridine rings is 1. The molecular weight excluding hydrogens is 392 g/mol. The Kier molecular flexibility index (Phi) is 5.86. The summed E-state index contributed by atoms with van der Waals surface area (Å²) in [6, 6.07) is 12.1. The molecule has 0 bridgehead atoms. The van der Waals surface area contributed by atoms with Crippen molar-refractivity contribution in [2.24, 2.45) is 0 Å². The quantitative estimate of drug-likeness (QED) is 0.666. The summed E-state index contributed by atoms with van der Waals surface area (Å²) in [6.45, 7) is 1.90. The zero-order valence-electron chi connectivity index (χ0n) is 16.6. The number of hydrogen-bond acceptors (Lipinski definition) is 6. The van der Waals surface area contributed by atoms with Crippen LogP contribution in [0.2, 0.25) is 0 Å². The van der Waals surface area contributed by atoms with Gasteiger partial charge in [0.25, 0.3) is 0 Å². The summed E-state index contributed by atoms with van der Waals surface area (Å²) in [4.78, 5) is 16.8. The predicted molar refractivity (Wildman–Crippen MR) is 112 cm³/mol. The van der Waals surface area contributed by atoms with E-state index in [1.54, 1.807) is 30.3 Å². The van der Waals surface area contributed by atoms with Gasteiger partial charge in [0.05, 0.1) is 28.9 Å². The van der Waals surface area contributed by atoms with E-state index in [2.05, 4.69) is 5.32 Å². The van der Waals surface area contributed by atoms with Crippen molar-refractivity contribution in [2.45, 2.75) is 11.8 Å². The van der Waals surface area contributed by atoms with Gasteiger partial charge in [0.2, 0.25) is 5.91 Å². The number of nitrogens with zero attached hydrogens (tertiary/aromatic N) is 1. The Bertz CT molecular complexity index is 1170. The Morgan fingerprint density at radius 3 is 2.38 bits per heavy atom. The number of aryl methyl sites for hydroxylation is 1. The molecule has 0 aliphatic heterocycles. The van der Waals surface area contributed by atoms with Crippen molar-refractivity contribution >= 4 is 32.3 Å². The number of nitrogens with one attached hydrogen (secondary N) is 1. The van der Waals surface area contributed by atoms with Crippen molar-refractivity contribution in [3.63, 3.8) is 0 Å². The molecule has 1 N–H and O–H groups in total. The molecule has 2 aromatic carbocycles. The average Bonchev–Trinajstić information content (AvgIpc) is 2.67. The molecule has 0 aliphatic carbocycles. The van der Waals surface area contributed by atoms with Crippen LogP contribution in [-0.2, 0) is 19.4 Å². The molecule has 3 rings (SSSR count). The number of hydrogen-bond donors (Lipinski definition) is 1. The summed E-state index contributed by atoms with van der Waals surface area (Å²) in [5.74, 6) is 0.205. The molecule has 1 heterocycles. The topological polar surface area (TPSA) is 94.6 Å². The number of rotatable bonds is 6. The summed E-state index contributed by atoms with van der Waals surface area (Å²) in [5.41, 5.74) is 3.72. The van der Waals surface area contributed by atoms with Crippen LogP contribution in [0.4, 0.5) is 5.69 Å². The van der Waals surface area contributed by atoms with Crippen molar-refractivity contribution in [1.29, 1.82) is 0 Å². The van der Waals surface area contributed by atoms with Crippen LogP contribution in [-0.4, -0.2) is 46.4 Å². The monoisotopic (exact) mass is 414 g/mol. The predicted octanol–water partition coefficient (Wildman–Crippen LogP) is 3.21. The van der Waals surface area contributed by atoms with Gasteiger partial charge in [-0.05, 0) is 36.8 Å². The molecular formula is C21H22N2O5S. The minimum Gasteiger partial charge on any atom is -0.494 e. The lowest BCUT2D eigenvalue weighted by Crippen LogP contribution is -2.17. The first-order valence-corrected chi connectivity index (χ1v) is 10.7. The molecule has 1 aromatic heterocycles. The van der Waals surface area contributed by atoms with E-state index in [0.29, 0.717) is 22.6 Å². The molecule has 0 saturated carbocycles. The fraction of sp³-hybridized carbons (Fsp3) is 0.238. The zero-order valence-corrected chi connectivity index (χ0v) is 17.5. The van der Waals surface area contributed by atoms with Crippen molar-refractivity contribution in [2.75, 3.05) is 32.4 Å². The Hall–Kier alpha value is -2.97. The summed E-state index contributed by atoms with van der Waals surface area (Å²) < 4.78 is 33.6. The Morgan fingerprint density at radius 1 is 1.10 bits per heavy atom. The number of carbonyl (C=O) groups is 1. The lowest BCUT2D eigenvalue weighted by molar-refractivity contribution is -0.119. The van der Waals surface area contributed by atoms with Crippen molar-refractivity contribution in [3.8, 4) is 17.0 Å². The van der Waals surface area contributed by atoms with Crippen LogP contribution in [0.3, 0.4) is 0 Å². The zero-order chi connectivity index (χ0) is 21.2. The number of sulfone groups is 1. The second kappa shape index (κ2) is 8.18. The first-order valence-electron chi connectivity index (χ1n) is 8.81. The SMILES string of the molecule is COCC(=O)Nc1cc2c(C)cc(-c3ccc(S(C)(=O)=O)cc3)nc2cc1OC. The third-order valence-corrected chi connectivity index (χ3v) is 5.59. The highest BCUT2D eigenvalue weighted by atomic mass is 32.2. The highest BCUT2D eigenvalue weighted by Crippen LogP contribution is 2.33. The largest absolute Gasteiger partial charge is 0.494 e. The standard InChI is InChI=1S/C21H22N2O5S/c1-13-9-17(14-5-7-15(8-6-14)29(4,25)26)22-18-11-20(28-3)19(10-16(13)18)23-21(24)12-27-2/h5-11H,12H2,1-4H3,(H,23,24). The van der Waals surface area contributed by atoms with Crippen molar-refractivity contribution in [1.82, 2.24) is 4.98 Å². The fourth-order valence-electron chi connectivity index (χ4n) is 3.03. The molecule has 0 saturated heterocycles. The molecule has 29 heavy (non-hydrogen) atoms. The van der Waals surface area contributed by atoms with Gasteiger partial charge in [0.1, 0.15) is 12.4 Å². The van der Waals surface area contributed by atoms with E-state index in [9.17, 15) is 13.2 Å².